The van der Waals surface area contributed by atoms with Crippen molar-refractivity contribution in [1.29, 1.82) is 0 Å². The molecular weight excluding hydrogens is 150 g/mol. The molecule has 0 aliphatic carbocycles. The quantitative estimate of drug-likeness (QED) is 0.480. The maximum Gasteiger partial charge on any atom is 0.293 e. The third-order valence-corrected chi connectivity index (χ3v) is 1.86. The Hall–Kier alpha value is -0.900. The van der Waals surface area contributed by atoms with E-state index < -0.39 is 0 Å². The summed E-state index contributed by atoms with van der Waals surface area (Å²) in [4.78, 5) is 14.7. The van der Waals surface area contributed by atoms with Crippen molar-refractivity contribution in [2.24, 2.45) is 0 Å². The van der Waals surface area contributed by atoms with Crippen molar-refractivity contribution in [3.63, 3.8) is 0 Å². The third kappa shape index (κ3) is 2.14. The van der Waals surface area contributed by atoms with Crippen molar-refractivity contribution in [2.75, 3.05) is 6.61 Å². The van der Waals surface area contributed by atoms with E-state index in [0.717, 1.165) is 11.3 Å². The van der Waals surface area contributed by atoms with Gasteiger partial charge in [0.1, 0.15) is 0 Å². The van der Waals surface area contributed by atoms with Gasteiger partial charge in [0.05, 0.1) is 12.1 Å². The minimum atomic E-state index is 0.450. The molecule has 54 valence electrons. The van der Waals surface area contributed by atoms with Gasteiger partial charge in [0.2, 0.25) is 0 Å². The van der Waals surface area contributed by atoms with Crippen molar-refractivity contribution in [3.8, 4) is 0 Å². The fourth-order valence-corrected chi connectivity index (χ4v) is 1.15. The van der Waals surface area contributed by atoms with Crippen LogP contribution in [0.2, 0.25) is 0 Å². The Kier molecular flexibility index (Phi) is 2.89. The first kappa shape index (κ1) is 7.21. The van der Waals surface area contributed by atoms with Crippen molar-refractivity contribution in [3.05, 3.63) is 16.6 Å². The molecule has 0 aromatic carbocycles. The molecule has 0 N–H and O–H groups in total. The maximum absolute atomic E-state index is 9.70. The van der Waals surface area contributed by atoms with E-state index in [9.17, 15) is 4.79 Å². The van der Waals surface area contributed by atoms with Gasteiger partial charge >= 0.3 is 0 Å². The van der Waals surface area contributed by atoms with Gasteiger partial charge in [0.25, 0.3) is 6.47 Å². The van der Waals surface area contributed by atoms with Gasteiger partial charge in [0.15, 0.2) is 0 Å². The Bertz CT molecular complexity index is 186. The molecule has 0 spiro atoms. The second-order valence-electron chi connectivity index (χ2n) is 1.68. The number of ether oxygens (including phenoxy) is 1. The maximum atomic E-state index is 9.70. The van der Waals surface area contributed by atoms with Crippen molar-refractivity contribution in [1.82, 2.24) is 4.98 Å². The first-order chi connectivity index (χ1) is 4.93. The Morgan fingerprint density at radius 2 is 2.70 bits per heavy atom. The van der Waals surface area contributed by atoms with E-state index in [1.807, 2.05) is 0 Å². The summed E-state index contributed by atoms with van der Waals surface area (Å²) in [6, 6.07) is 0. The van der Waals surface area contributed by atoms with Crippen LogP contribution in [0.4, 0.5) is 0 Å². The normalized spacial score (nSPS) is 9.20. The van der Waals surface area contributed by atoms with Crippen LogP contribution < -0.4 is 0 Å². The van der Waals surface area contributed by atoms with Crippen molar-refractivity contribution < 1.29 is 9.53 Å². The van der Waals surface area contributed by atoms with Crippen LogP contribution in [0, 0.1) is 0 Å². The number of thiazole rings is 1. The van der Waals surface area contributed by atoms with E-state index >= 15 is 0 Å². The van der Waals surface area contributed by atoms with E-state index in [1.54, 1.807) is 23.0 Å². The molecule has 0 unspecified atom stereocenters. The predicted octanol–water partition coefficient (Wildman–Crippen LogP) is 0.859. The molecule has 0 aliphatic heterocycles. The lowest BCUT2D eigenvalue weighted by Gasteiger charge is -1.92. The molecule has 1 heterocycles. The summed E-state index contributed by atoms with van der Waals surface area (Å²) in [6.45, 7) is 0.909. The number of nitrogens with zero attached hydrogens (tertiary/aromatic N) is 1. The van der Waals surface area contributed by atoms with Crippen molar-refractivity contribution in [2.45, 2.75) is 6.42 Å². The zero-order valence-corrected chi connectivity index (χ0v) is 6.13. The Balaban J connectivity index is 2.21. The van der Waals surface area contributed by atoms with Gasteiger partial charge < -0.3 is 4.74 Å². The summed E-state index contributed by atoms with van der Waals surface area (Å²) in [5.41, 5.74) is 1.76. The second kappa shape index (κ2) is 4.00. The number of hydrogen-bond acceptors (Lipinski definition) is 4. The summed E-state index contributed by atoms with van der Waals surface area (Å²) < 4.78 is 4.51. The predicted molar refractivity (Wildman–Crippen MR) is 37.8 cm³/mol. The standard InChI is InChI=1S/C6H7NO2S/c8-5-9-2-1-6-3-7-4-10-6/h3-5H,1-2H2. The van der Waals surface area contributed by atoms with Crippen LogP contribution in [-0.2, 0) is 16.0 Å². The molecule has 4 heteroatoms. The van der Waals surface area contributed by atoms with Gasteiger partial charge in [-0.1, -0.05) is 0 Å². The number of hydrogen-bond donors (Lipinski definition) is 0. The van der Waals surface area contributed by atoms with Crippen LogP contribution in [0.25, 0.3) is 0 Å². The second-order valence-corrected chi connectivity index (χ2v) is 2.66. The topological polar surface area (TPSA) is 39.2 Å². The van der Waals surface area contributed by atoms with E-state index in [0.29, 0.717) is 13.1 Å². The fourth-order valence-electron chi connectivity index (χ4n) is 0.573. The molecule has 3 nitrogen and oxygen atoms in total. The van der Waals surface area contributed by atoms with Crippen LogP contribution in [0.5, 0.6) is 0 Å². The summed E-state index contributed by atoms with van der Waals surface area (Å²) in [6.07, 6.45) is 2.54. The van der Waals surface area contributed by atoms with Gasteiger partial charge in [-0.15, -0.1) is 11.3 Å². The van der Waals surface area contributed by atoms with Crippen LogP contribution in [0.15, 0.2) is 11.7 Å². The van der Waals surface area contributed by atoms with Gasteiger partial charge in [-0.05, 0) is 0 Å². The monoisotopic (exact) mass is 157 g/mol. The molecule has 0 bridgehead atoms. The Morgan fingerprint density at radius 3 is 3.30 bits per heavy atom. The van der Waals surface area contributed by atoms with Gasteiger partial charge in [-0.2, -0.15) is 0 Å². The summed E-state index contributed by atoms with van der Waals surface area (Å²) >= 11 is 1.57. The molecule has 0 radical (unpaired) electrons. The molecule has 0 amide bonds. The first-order valence-electron chi connectivity index (χ1n) is 2.86. The fraction of sp³-hybridized carbons (Fsp3) is 0.333. The lowest BCUT2D eigenvalue weighted by Crippen LogP contribution is -1.93. The Morgan fingerprint density at radius 1 is 1.80 bits per heavy atom. The molecule has 1 aromatic rings. The smallest absolute Gasteiger partial charge is 0.293 e. The average molecular weight is 157 g/mol. The molecule has 0 atom stereocenters. The molecule has 1 aromatic heterocycles. The number of carbonyl (C=O) groups excluding carboxylic acids is 1. The van der Waals surface area contributed by atoms with Gasteiger partial charge in [0, 0.05) is 17.5 Å². The highest BCUT2D eigenvalue weighted by atomic mass is 32.1. The molecule has 0 fully saturated rings. The average Bonchev–Trinajstić information content (AvgIpc) is 2.41. The highest BCUT2D eigenvalue weighted by Crippen LogP contribution is 2.05. The molecule has 10 heavy (non-hydrogen) atoms. The third-order valence-electron chi connectivity index (χ3n) is 1.02. The van der Waals surface area contributed by atoms with Gasteiger partial charge in [-0.25, -0.2) is 0 Å². The molecule has 0 saturated carbocycles. The number of rotatable bonds is 4. The molecule has 0 aliphatic rings. The number of carbonyl (C=O) groups is 1. The highest BCUT2D eigenvalue weighted by molar-refractivity contribution is 7.09. The zero-order valence-electron chi connectivity index (χ0n) is 5.32. The SMILES string of the molecule is O=COCCc1cncs1. The molecular formula is C6H7NO2S. The summed E-state index contributed by atoms with van der Waals surface area (Å²) in [5.74, 6) is 0. The van der Waals surface area contributed by atoms with E-state index in [4.69, 9.17) is 0 Å². The first-order valence-corrected chi connectivity index (χ1v) is 3.74. The lowest BCUT2D eigenvalue weighted by molar-refractivity contribution is -0.128. The minimum absolute atomic E-state index is 0.450. The Labute approximate surface area is 62.7 Å². The van der Waals surface area contributed by atoms with E-state index in [2.05, 4.69) is 9.72 Å². The number of aromatic nitrogens is 1. The van der Waals surface area contributed by atoms with E-state index in [-0.39, 0.29) is 0 Å². The van der Waals surface area contributed by atoms with Gasteiger partial charge in [-0.3, -0.25) is 9.78 Å². The van der Waals surface area contributed by atoms with Crippen LogP contribution in [-0.4, -0.2) is 18.1 Å². The molecule has 1 rings (SSSR count). The zero-order chi connectivity index (χ0) is 7.23. The van der Waals surface area contributed by atoms with Crippen LogP contribution >= 0.6 is 11.3 Å². The largest absolute Gasteiger partial charge is 0.468 e. The summed E-state index contributed by atoms with van der Waals surface area (Å²) in [5, 5.41) is 0. The van der Waals surface area contributed by atoms with Crippen LogP contribution in [0.3, 0.4) is 0 Å². The summed E-state index contributed by atoms with van der Waals surface area (Å²) in [7, 11) is 0. The van der Waals surface area contributed by atoms with Crippen molar-refractivity contribution >= 4 is 17.8 Å². The van der Waals surface area contributed by atoms with Crippen LogP contribution in [0.1, 0.15) is 4.88 Å². The minimum Gasteiger partial charge on any atom is -0.468 e. The highest BCUT2D eigenvalue weighted by Gasteiger charge is 1.92. The molecule has 0 saturated heterocycles. The lowest BCUT2D eigenvalue weighted by atomic mass is 10.4. The van der Waals surface area contributed by atoms with E-state index in [1.165, 1.54) is 0 Å².